The van der Waals surface area contributed by atoms with Crippen molar-refractivity contribution < 1.29 is 4.79 Å². The van der Waals surface area contributed by atoms with Gasteiger partial charge in [0.15, 0.2) is 0 Å². The molecule has 0 unspecified atom stereocenters. The molecule has 108 valence electrons. The highest BCUT2D eigenvalue weighted by Crippen LogP contribution is 2.17. The summed E-state index contributed by atoms with van der Waals surface area (Å²) in [6.45, 7) is 2.88. The number of anilines is 1. The topological polar surface area (TPSA) is 41.1 Å². The van der Waals surface area contributed by atoms with Crippen LogP contribution < -0.4 is 10.6 Å². The van der Waals surface area contributed by atoms with Crippen molar-refractivity contribution in [2.24, 2.45) is 0 Å². The molecule has 1 atom stereocenters. The number of carbonyl (C=O) groups is 1. The van der Waals surface area contributed by atoms with Gasteiger partial charge in [-0.2, -0.15) is 0 Å². The number of rotatable bonds is 3. The molecule has 0 saturated heterocycles. The van der Waals surface area contributed by atoms with Crippen molar-refractivity contribution >= 4 is 11.6 Å². The van der Waals surface area contributed by atoms with E-state index in [4.69, 9.17) is 0 Å². The molecule has 0 saturated carbocycles. The van der Waals surface area contributed by atoms with Gasteiger partial charge in [-0.1, -0.05) is 43.3 Å². The van der Waals surface area contributed by atoms with Gasteiger partial charge in [0.1, 0.15) is 0 Å². The van der Waals surface area contributed by atoms with Crippen LogP contribution in [-0.4, -0.2) is 11.9 Å². The van der Waals surface area contributed by atoms with Gasteiger partial charge in [0, 0.05) is 12.2 Å². The molecule has 21 heavy (non-hydrogen) atoms. The average Bonchev–Trinajstić information content (AvgIpc) is 2.55. The van der Waals surface area contributed by atoms with E-state index >= 15 is 0 Å². The van der Waals surface area contributed by atoms with Gasteiger partial charge in [-0.15, -0.1) is 0 Å². The molecule has 1 aliphatic heterocycles. The van der Waals surface area contributed by atoms with Gasteiger partial charge < -0.3 is 10.6 Å². The Labute approximate surface area is 125 Å². The van der Waals surface area contributed by atoms with Crippen LogP contribution in [0.2, 0.25) is 0 Å². The Morgan fingerprint density at radius 3 is 2.57 bits per heavy atom. The van der Waals surface area contributed by atoms with Crippen LogP contribution in [0.1, 0.15) is 23.6 Å². The van der Waals surface area contributed by atoms with Gasteiger partial charge in [0.2, 0.25) is 5.91 Å². The SMILES string of the molecule is CCc1ccc(NC(=O)[C@@H]2Cc3ccccc3CN2)cc1. The second-order valence-corrected chi connectivity index (χ2v) is 5.45. The third kappa shape index (κ3) is 3.14. The number of aryl methyl sites for hydroxylation is 1. The third-order valence-electron chi connectivity index (χ3n) is 4.03. The lowest BCUT2D eigenvalue weighted by atomic mass is 9.95. The van der Waals surface area contributed by atoms with E-state index in [0.29, 0.717) is 0 Å². The Balaban J connectivity index is 1.66. The maximum Gasteiger partial charge on any atom is 0.241 e. The minimum Gasteiger partial charge on any atom is -0.325 e. The second kappa shape index (κ2) is 6.10. The molecule has 2 aromatic rings. The van der Waals surface area contributed by atoms with Gasteiger partial charge >= 0.3 is 0 Å². The number of nitrogens with one attached hydrogen (secondary N) is 2. The molecule has 3 heteroatoms. The first kappa shape index (κ1) is 13.8. The Morgan fingerprint density at radius 2 is 1.86 bits per heavy atom. The maximum absolute atomic E-state index is 12.4. The van der Waals surface area contributed by atoms with Gasteiger partial charge in [-0.25, -0.2) is 0 Å². The lowest BCUT2D eigenvalue weighted by Crippen LogP contribution is -2.44. The first-order valence-electron chi connectivity index (χ1n) is 7.46. The molecule has 0 aromatic heterocycles. The van der Waals surface area contributed by atoms with Crippen molar-refractivity contribution in [1.82, 2.24) is 5.32 Å². The van der Waals surface area contributed by atoms with Gasteiger partial charge in [-0.3, -0.25) is 4.79 Å². The fourth-order valence-electron chi connectivity index (χ4n) is 2.69. The van der Waals surface area contributed by atoms with Crippen molar-refractivity contribution in [3.05, 3.63) is 65.2 Å². The summed E-state index contributed by atoms with van der Waals surface area (Å²) in [7, 11) is 0. The molecule has 0 spiro atoms. The van der Waals surface area contributed by atoms with Crippen molar-refractivity contribution in [3.8, 4) is 0 Å². The summed E-state index contributed by atoms with van der Waals surface area (Å²) in [5.41, 5.74) is 4.68. The summed E-state index contributed by atoms with van der Waals surface area (Å²) in [4.78, 5) is 12.4. The Morgan fingerprint density at radius 1 is 1.14 bits per heavy atom. The molecule has 1 amide bonds. The highest BCUT2D eigenvalue weighted by Gasteiger charge is 2.23. The van der Waals surface area contributed by atoms with E-state index in [2.05, 4.69) is 41.8 Å². The third-order valence-corrected chi connectivity index (χ3v) is 4.03. The van der Waals surface area contributed by atoms with Gasteiger partial charge in [0.05, 0.1) is 6.04 Å². The molecule has 3 rings (SSSR count). The molecule has 2 aromatic carbocycles. The van der Waals surface area contributed by atoms with Crippen molar-refractivity contribution in [2.45, 2.75) is 32.4 Å². The first-order chi connectivity index (χ1) is 10.3. The van der Waals surface area contributed by atoms with E-state index in [0.717, 1.165) is 25.1 Å². The molecule has 0 aliphatic carbocycles. The average molecular weight is 280 g/mol. The van der Waals surface area contributed by atoms with Crippen molar-refractivity contribution in [3.63, 3.8) is 0 Å². The summed E-state index contributed by atoms with van der Waals surface area (Å²) in [5, 5.41) is 6.30. The predicted molar refractivity (Wildman–Crippen MR) is 85.2 cm³/mol. The van der Waals surface area contributed by atoms with Crippen molar-refractivity contribution in [1.29, 1.82) is 0 Å². The Kier molecular flexibility index (Phi) is 4.02. The minimum atomic E-state index is -0.161. The van der Waals surface area contributed by atoms with Crippen molar-refractivity contribution in [2.75, 3.05) is 5.32 Å². The van der Waals surface area contributed by atoms with Gasteiger partial charge in [0.25, 0.3) is 0 Å². The lowest BCUT2D eigenvalue weighted by Gasteiger charge is -2.25. The van der Waals surface area contributed by atoms with E-state index < -0.39 is 0 Å². The largest absolute Gasteiger partial charge is 0.325 e. The summed E-state index contributed by atoms with van der Waals surface area (Å²) in [6, 6.07) is 16.2. The summed E-state index contributed by atoms with van der Waals surface area (Å²) in [5.74, 6) is 0.0359. The molecule has 1 aliphatic rings. The first-order valence-corrected chi connectivity index (χ1v) is 7.46. The van der Waals surface area contributed by atoms with E-state index in [-0.39, 0.29) is 11.9 Å². The summed E-state index contributed by atoms with van der Waals surface area (Å²) < 4.78 is 0. The number of fused-ring (bicyclic) bond motifs is 1. The number of hydrogen-bond acceptors (Lipinski definition) is 2. The zero-order valence-electron chi connectivity index (χ0n) is 12.2. The van der Waals surface area contributed by atoms with Crippen LogP contribution in [0, 0.1) is 0 Å². The van der Waals surface area contributed by atoms with Crippen LogP contribution in [0.3, 0.4) is 0 Å². The number of carbonyl (C=O) groups excluding carboxylic acids is 1. The van der Waals surface area contributed by atoms with E-state index in [1.54, 1.807) is 0 Å². The second-order valence-electron chi connectivity index (χ2n) is 5.45. The summed E-state index contributed by atoms with van der Waals surface area (Å²) >= 11 is 0. The number of benzene rings is 2. The quantitative estimate of drug-likeness (QED) is 0.907. The van der Waals surface area contributed by atoms with E-state index in [1.807, 2.05) is 24.3 Å². The molecular weight excluding hydrogens is 260 g/mol. The highest BCUT2D eigenvalue weighted by molar-refractivity contribution is 5.95. The summed E-state index contributed by atoms with van der Waals surface area (Å²) in [6.07, 6.45) is 1.75. The zero-order valence-corrected chi connectivity index (χ0v) is 12.2. The van der Waals surface area contributed by atoms with Crippen LogP contribution in [0.15, 0.2) is 48.5 Å². The molecule has 0 fully saturated rings. The zero-order chi connectivity index (χ0) is 14.7. The van der Waals surface area contributed by atoms with E-state index in [1.165, 1.54) is 16.7 Å². The number of hydrogen-bond donors (Lipinski definition) is 2. The monoisotopic (exact) mass is 280 g/mol. The molecule has 1 heterocycles. The molecule has 2 N–H and O–H groups in total. The molecule has 0 bridgehead atoms. The maximum atomic E-state index is 12.4. The predicted octanol–water partition coefficient (Wildman–Crippen LogP) is 2.90. The van der Waals surface area contributed by atoms with Crippen LogP contribution in [0.5, 0.6) is 0 Å². The Hall–Kier alpha value is -2.13. The van der Waals surface area contributed by atoms with Crippen LogP contribution in [0.25, 0.3) is 0 Å². The lowest BCUT2D eigenvalue weighted by molar-refractivity contribution is -0.118. The van der Waals surface area contributed by atoms with Crippen LogP contribution in [0.4, 0.5) is 5.69 Å². The molecule has 0 radical (unpaired) electrons. The molecule has 3 nitrogen and oxygen atoms in total. The fourth-order valence-corrected chi connectivity index (χ4v) is 2.69. The van der Waals surface area contributed by atoms with Crippen LogP contribution in [-0.2, 0) is 24.2 Å². The van der Waals surface area contributed by atoms with Gasteiger partial charge in [-0.05, 0) is 41.7 Å². The standard InChI is InChI=1S/C18H20N2O/c1-2-13-7-9-16(10-8-13)20-18(21)17-11-14-5-3-4-6-15(14)12-19-17/h3-10,17,19H,2,11-12H2,1H3,(H,20,21)/t17-/m0/s1. The highest BCUT2D eigenvalue weighted by atomic mass is 16.2. The minimum absolute atomic E-state index is 0.0359. The fraction of sp³-hybridized carbons (Fsp3) is 0.278. The van der Waals surface area contributed by atoms with E-state index in [9.17, 15) is 4.79 Å². The normalized spacial score (nSPS) is 17.1. The van der Waals surface area contributed by atoms with Crippen LogP contribution >= 0.6 is 0 Å². The smallest absolute Gasteiger partial charge is 0.241 e. The Bertz CT molecular complexity index is 634. The molecular formula is C18H20N2O. The number of amides is 1.